The van der Waals surface area contributed by atoms with Crippen LogP contribution < -0.4 is 10.6 Å². The van der Waals surface area contributed by atoms with Crippen molar-refractivity contribution in [3.63, 3.8) is 0 Å². The van der Waals surface area contributed by atoms with Gasteiger partial charge in [0, 0.05) is 25.0 Å². The summed E-state index contributed by atoms with van der Waals surface area (Å²) in [5.74, 6) is 1.58. The van der Waals surface area contributed by atoms with E-state index in [0.717, 1.165) is 30.4 Å². The van der Waals surface area contributed by atoms with Gasteiger partial charge in [0.15, 0.2) is 0 Å². The van der Waals surface area contributed by atoms with Crippen LogP contribution >= 0.6 is 0 Å². The number of hydrogen-bond donors (Lipinski definition) is 1. The van der Waals surface area contributed by atoms with E-state index in [2.05, 4.69) is 28.7 Å². The molecule has 1 aromatic heterocycles. The van der Waals surface area contributed by atoms with Crippen LogP contribution in [0.5, 0.6) is 0 Å². The minimum absolute atomic E-state index is 0.532. The van der Waals surface area contributed by atoms with E-state index in [4.69, 9.17) is 5.73 Å². The lowest BCUT2D eigenvalue weighted by atomic mass is 9.92. The lowest BCUT2D eigenvalue weighted by molar-refractivity contribution is 0.359. The first kappa shape index (κ1) is 12.3. The molecule has 94 valence electrons. The largest absolute Gasteiger partial charge is 0.338 e. The Bertz CT molecular complexity index is 349. The van der Waals surface area contributed by atoms with Gasteiger partial charge in [0.25, 0.3) is 0 Å². The lowest BCUT2D eigenvalue weighted by Crippen LogP contribution is -2.43. The van der Waals surface area contributed by atoms with Crippen molar-refractivity contribution in [2.45, 2.75) is 39.2 Å². The number of hydrogen-bond acceptors (Lipinski definition) is 4. The molecular weight excluding hydrogens is 212 g/mol. The first-order chi connectivity index (χ1) is 8.22. The monoisotopic (exact) mass is 234 g/mol. The Kier molecular flexibility index (Phi) is 3.94. The molecule has 0 bridgehead atoms. The zero-order valence-corrected chi connectivity index (χ0v) is 10.8. The van der Waals surface area contributed by atoms with Crippen LogP contribution in [0.2, 0.25) is 0 Å². The Morgan fingerprint density at radius 3 is 2.71 bits per heavy atom. The van der Waals surface area contributed by atoms with E-state index >= 15 is 0 Å². The fraction of sp³-hybridized carbons (Fsp3) is 0.692. The van der Waals surface area contributed by atoms with Gasteiger partial charge in [-0.25, -0.2) is 9.97 Å². The quantitative estimate of drug-likeness (QED) is 0.863. The summed E-state index contributed by atoms with van der Waals surface area (Å²) in [5, 5.41) is 0. The van der Waals surface area contributed by atoms with Gasteiger partial charge in [-0.15, -0.1) is 0 Å². The van der Waals surface area contributed by atoms with Crippen molar-refractivity contribution >= 4 is 5.95 Å². The van der Waals surface area contributed by atoms with Crippen molar-refractivity contribution in [2.75, 3.05) is 18.0 Å². The molecule has 1 saturated heterocycles. The van der Waals surface area contributed by atoms with E-state index in [-0.39, 0.29) is 0 Å². The lowest BCUT2D eigenvalue weighted by Gasteiger charge is -2.37. The van der Waals surface area contributed by atoms with Gasteiger partial charge in [0.2, 0.25) is 5.95 Å². The molecule has 1 fully saturated rings. The van der Waals surface area contributed by atoms with Crippen molar-refractivity contribution < 1.29 is 0 Å². The number of aromatic nitrogens is 2. The average Bonchev–Trinajstić information content (AvgIpc) is 2.34. The zero-order chi connectivity index (χ0) is 12.3. The number of rotatable bonds is 3. The standard InChI is InChI=1S/C13H22N4/c1-10-4-3-7-17(11(10)2)13-15-8-12(5-6-14)9-16-13/h8-11H,3-7,14H2,1-2H3. The van der Waals surface area contributed by atoms with Crippen LogP contribution in [0.1, 0.15) is 32.3 Å². The fourth-order valence-corrected chi connectivity index (χ4v) is 2.41. The molecule has 0 radical (unpaired) electrons. The van der Waals surface area contributed by atoms with E-state index in [1.807, 2.05) is 12.4 Å². The van der Waals surface area contributed by atoms with Crippen molar-refractivity contribution in [3.8, 4) is 0 Å². The predicted octanol–water partition coefficient (Wildman–Crippen LogP) is 1.60. The summed E-state index contributed by atoms with van der Waals surface area (Å²) in [4.78, 5) is 11.3. The van der Waals surface area contributed by atoms with Crippen molar-refractivity contribution in [1.29, 1.82) is 0 Å². The van der Waals surface area contributed by atoms with Crippen LogP contribution in [0.25, 0.3) is 0 Å². The fourth-order valence-electron chi connectivity index (χ4n) is 2.41. The molecule has 17 heavy (non-hydrogen) atoms. The zero-order valence-electron chi connectivity index (χ0n) is 10.8. The van der Waals surface area contributed by atoms with Crippen LogP contribution in [0.4, 0.5) is 5.95 Å². The van der Waals surface area contributed by atoms with Gasteiger partial charge >= 0.3 is 0 Å². The average molecular weight is 234 g/mol. The Morgan fingerprint density at radius 1 is 1.35 bits per heavy atom. The molecule has 1 aliphatic heterocycles. The summed E-state index contributed by atoms with van der Waals surface area (Å²) in [6, 6.07) is 0.532. The van der Waals surface area contributed by atoms with Gasteiger partial charge in [-0.3, -0.25) is 0 Å². The highest BCUT2D eigenvalue weighted by atomic mass is 15.3. The second-order valence-electron chi connectivity index (χ2n) is 4.98. The number of piperidine rings is 1. The van der Waals surface area contributed by atoms with Crippen molar-refractivity contribution in [3.05, 3.63) is 18.0 Å². The van der Waals surface area contributed by atoms with Crippen molar-refractivity contribution in [1.82, 2.24) is 9.97 Å². The second kappa shape index (κ2) is 5.45. The highest BCUT2D eigenvalue weighted by molar-refractivity contribution is 5.32. The smallest absolute Gasteiger partial charge is 0.225 e. The van der Waals surface area contributed by atoms with Gasteiger partial charge in [-0.05, 0) is 44.2 Å². The molecule has 2 atom stereocenters. The molecule has 0 amide bonds. The molecule has 0 aromatic carbocycles. The Balaban J connectivity index is 2.10. The van der Waals surface area contributed by atoms with Gasteiger partial charge in [0.1, 0.15) is 0 Å². The highest BCUT2D eigenvalue weighted by Gasteiger charge is 2.26. The molecule has 2 rings (SSSR count). The third kappa shape index (κ3) is 2.75. The topological polar surface area (TPSA) is 55.0 Å². The Hall–Kier alpha value is -1.16. The molecular formula is C13H22N4. The van der Waals surface area contributed by atoms with Crippen LogP contribution in [0.15, 0.2) is 12.4 Å². The third-order valence-corrected chi connectivity index (χ3v) is 3.76. The van der Waals surface area contributed by atoms with Gasteiger partial charge < -0.3 is 10.6 Å². The molecule has 4 heteroatoms. The molecule has 2 N–H and O–H groups in total. The molecule has 0 spiro atoms. The van der Waals surface area contributed by atoms with Gasteiger partial charge in [0.05, 0.1) is 0 Å². The maximum atomic E-state index is 5.52. The number of nitrogens with zero attached hydrogens (tertiary/aromatic N) is 3. The van der Waals surface area contributed by atoms with E-state index in [1.165, 1.54) is 12.8 Å². The molecule has 1 aliphatic rings. The summed E-state index contributed by atoms with van der Waals surface area (Å²) in [6.45, 7) is 6.29. The highest BCUT2D eigenvalue weighted by Crippen LogP contribution is 2.25. The molecule has 2 unspecified atom stereocenters. The number of nitrogens with two attached hydrogens (primary N) is 1. The van der Waals surface area contributed by atoms with E-state index in [9.17, 15) is 0 Å². The second-order valence-corrected chi connectivity index (χ2v) is 4.98. The Morgan fingerprint density at radius 2 is 2.06 bits per heavy atom. The molecule has 4 nitrogen and oxygen atoms in total. The van der Waals surface area contributed by atoms with Crippen LogP contribution in [0, 0.1) is 5.92 Å². The number of anilines is 1. The molecule has 0 saturated carbocycles. The molecule has 2 heterocycles. The van der Waals surface area contributed by atoms with Gasteiger partial charge in [-0.1, -0.05) is 6.92 Å². The van der Waals surface area contributed by atoms with Crippen molar-refractivity contribution in [2.24, 2.45) is 11.7 Å². The van der Waals surface area contributed by atoms with E-state index < -0.39 is 0 Å². The third-order valence-electron chi connectivity index (χ3n) is 3.76. The minimum atomic E-state index is 0.532. The Labute approximate surface area is 103 Å². The summed E-state index contributed by atoms with van der Waals surface area (Å²) >= 11 is 0. The first-order valence-corrected chi connectivity index (χ1v) is 6.50. The summed E-state index contributed by atoms with van der Waals surface area (Å²) in [6.07, 6.45) is 7.21. The summed E-state index contributed by atoms with van der Waals surface area (Å²) in [5.41, 5.74) is 6.64. The summed E-state index contributed by atoms with van der Waals surface area (Å²) < 4.78 is 0. The first-order valence-electron chi connectivity index (χ1n) is 6.50. The molecule has 0 aliphatic carbocycles. The normalized spacial score (nSPS) is 25.0. The summed E-state index contributed by atoms with van der Waals surface area (Å²) in [7, 11) is 0. The predicted molar refractivity (Wildman–Crippen MR) is 70.0 cm³/mol. The molecule has 1 aromatic rings. The van der Waals surface area contributed by atoms with Gasteiger partial charge in [-0.2, -0.15) is 0 Å². The van der Waals surface area contributed by atoms with Crippen LogP contribution in [-0.4, -0.2) is 29.1 Å². The maximum absolute atomic E-state index is 5.52. The SMILES string of the molecule is CC1CCCN(c2ncc(CCN)cn2)C1C. The van der Waals surface area contributed by atoms with E-state index in [1.54, 1.807) is 0 Å². The maximum Gasteiger partial charge on any atom is 0.225 e. The minimum Gasteiger partial charge on any atom is -0.338 e. The van der Waals surface area contributed by atoms with Crippen LogP contribution in [-0.2, 0) is 6.42 Å². The van der Waals surface area contributed by atoms with Crippen LogP contribution in [0.3, 0.4) is 0 Å². The van der Waals surface area contributed by atoms with E-state index in [0.29, 0.717) is 12.6 Å².